The van der Waals surface area contributed by atoms with E-state index in [1.165, 1.54) is 0 Å². The molecule has 0 spiro atoms. The van der Waals surface area contributed by atoms with Crippen LogP contribution in [0.25, 0.3) is 10.6 Å². The number of carbonyl (C=O) groups is 1. The Labute approximate surface area is 163 Å². The highest BCUT2D eigenvalue weighted by Gasteiger charge is 2.30. The van der Waals surface area contributed by atoms with Crippen LogP contribution in [0.3, 0.4) is 0 Å². The van der Waals surface area contributed by atoms with Crippen LogP contribution in [0.4, 0.5) is 5.13 Å². The zero-order valence-corrected chi connectivity index (χ0v) is 16.5. The van der Waals surface area contributed by atoms with Crippen molar-refractivity contribution in [3.8, 4) is 16.3 Å². The third kappa shape index (κ3) is 4.22. The van der Waals surface area contributed by atoms with Gasteiger partial charge in [0.25, 0.3) is 0 Å². The molecule has 1 aliphatic carbocycles. The van der Waals surface area contributed by atoms with E-state index in [1.54, 1.807) is 18.4 Å². The van der Waals surface area contributed by atoms with E-state index < -0.39 is 0 Å². The summed E-state index contributed by atoms with van der Waals surface area (Å²) in [6.07, 6.45) is 2.25. The van der Waals surface area contributed by atoms with Crippen LogP contribution in [0, 0.1) is 0 Å². The number of nitrogens with zero attached hydrogens (tertiary/aromatic N) is 4. The van der Waals surface area contributed by atoms with E-state index in [4.69, 9.17) is 4.74 Å². The van der Waals surface area contributed by atoms with Gasteiger partial charge < -0.3 is 15.0 Å². The van der Waals surface area contributed by atoms with Crippen molar-refractivity contribution >= 4 is 22.4 Å². The van der Waals surface area contributed by atoms with Crippen molar-refractivity contribution in [3.05, 3.63) is 24.3 Å². The number of rotatable bonds is 6. The summed E-state index contributed by atoms with van der Waals surface area (Å²) in [7, 11) is 1.66. The minimum absolute atomic E-state index is 0.0722. The molecule has 1 atom stereocenters. The maximum Gasteiger partial charge on any atom is 0.237 e. The van der Waals surface area contributed by atoms with Gasteiger partial charge in [-0.15, -0.1) is 10.2 Å². The van der Waals surface area contributed by atoms with E-state index in [0.717, 1.165) is 60.5 Å². The summed E-state index contributed by atoms with van der Waals surface area (Å²) in [5.74, 6) is 0.989. The molecule has 1 aromatic carbocycles. The molecule has 27 heavy (non-hydrogen) atoms. The Hall–Kier alpha value is -2.19. The first-order valence-electron chi connectivity index (χ1n) is 9.41. The molecule has 1 aromatic heterocycles. The molecule has 2 fully saturated rings. The predicted octanol–water partition coefficient (Wildman–Crippen LogP) is 2.00. The van der Waals surface area contributed by atoms with E-state index >= 15 is 0 Å². The number of hydrogen-bond acceptors (Lipinski definition) is 7. The molecule has 1 aliphatic heterocycles. The predicted molar refractivity (Wildman–Crippen MR) is 106 cm³/mol. The summed E-state index contributed by atoms with van der Waals surface area (Å²) in [5.41, 5.74) is 1.04. The second-order valence-electron chi connectivity index (χ2n) is 7.10. The minimum Gasteiger partial charge on any atom is -0.497 e. The lowest BCUT2D eigenvalue weighted by Gasteiger charge is -2.37. The zero-order chi connectivity index (χ0) is 18.8. The van der Waals surface area contributed by atoms with Crippen LogP contribution in [0.2, 0.25) is 0 Å². The molecular formula is C19H25N5O2S. The number of anilines is 1. The lowest BCUT2D eigenvalue weighted by molar-refractivity contribution is -0.126. The normalized spacial score (nSPS) is 19.0. The van der Waals surface area contributed by atoms with Crippen LogP contribution >= 0.6 is 11.3 Å². The Morgan fingerprint density at radius 1 is 1.19 bits per heavy atom. The van der Waals surface area contributed by atoms with Crippen LogP contribution in [0.1, 0.15) is 19.8 Å². The second-order valence-corrected chi connectivity index (χ2v) is 8.06. The van der Waals surface area contributed by atoms with Crippen molar-refractivity contribution < 1.29 is 9.53 Å². The van der Waals surface area contributed by atoms with Crippen molar-refractivity contribution in [1.29, 1.82) is 0 Å². The highest BCUT2D eigenvalue weighted by molar-refractivity contribution is 7.18. The third-order valence-electron chi connectivity index (χ3n) is 5.19. The number of benzene rings is 1. The number of carbonyl (C=O) groups excluding carboxylic acids is 1. The van der Waals surface area contributed by atoms with Gasteiger partial charge in [-0.05, 0) is 44.0 Å². The molecule has 0 bridgehead atoms. The molecule has 8 heteroatoms. The van der Waals surface area contributed by atoms with Crippen LogP contribution in [-0.2, 0) is 4.79 Å². The lowest BCUT2D eigenvalue weighted by Crippen LogP contribution is -2.54. The molecule has 2 aromatic rings. The van der Waals surface area contributed by atoms with Gasteiger partial charge in [0.15, 0.2) is 0 Å². The second kappa shape index (κ2) is 7.82. The van der Waals surface area contributed by atoms with Crippen molar-refractivity contribution in [2.45, 2.75) is 31.8 Å². The van der Waals surface area contributed by atoms with Crippen LogP contribution < -0.4 is 15.0 Å². The molecule has 144 valence electrons. The third-order valence-corrected chi connectivity index (χ3v) is 6.22. The number of aromatic nitrogens is 2. The first kappa shape index (κ1) is 18.2. The van der Waals surface area contributed by atoms with Gasteiger partial charge in [0, 0.05) is 37.8 Å². The largest absolute Gasteiger partial charge is 0.497 e. The van der Waals surface area contributed by atoms with Crippen molar-refractivity contribution in [2.24, 2.45) is 0 Å². The molecule has 7 nitrogen and oxygen atoms in total. The summed E-state index contributed by atoms with van der Waals surface area (Å²) >= 11 is 1.60. The summed E-state index contributed by atoms with van der Waals surface area (Å²) in [4.78, 5) is 16.8. The molecule has 1 N–H and O–H groups in total. The molecule has 2 heterocycles. The molecule has 1 saturated carbocycles. The van der Waals surface area contributed by atoms with Crippen molar-refractivity contribution in [1.82, 2.24) is 20.4 Å². The van der Waals surface area contributed by atoms with Gasteiger partial charge in [-0.25, -0.2) is 0 Å². The molecule has 1 amide bonds. The quantitative estimate of drug-likeness (QED) is 0.818. The fourth-order valence-corrected chi connectivity index (χ4v) is 4.11. The Bertz CT molecular complexity index is 782. The summed E-state index contributed by atoms with van der Waals surface area (Å²) < 4.78 is 5.20. The van der Waals surface area contributed by atoms with Gasteiger partial charge in [-0.2, -0.15) is 0 Å². The number of amides is 1. The standard InChI is InChI=1S/C19H25N5O2S/c1-13(17(25)20-15-5-6-15)23-9-11-24(12-10-23)19-22-21-18(27-19)14-3-7-16(26-2)8-4-14/h3-4,7-8,13,15H,5-6,9-12H2,1-2H3,(H,20,25). The maximum atomic E-state index is 12.3. The fraction of sp³-hybridized carbons (Fsp3) is 0.526. The van der Waals surface area contributed by atoms with E-state index in [-0.39, 0.29) is 11.9 Å². The molecule has 4 rings (SSSR count). The van der Waals surface area contributed by atoms with Gasteiger partial charge >= 0.3 is 0 Å². The minimum atomic E-state index is -0.0722. The van der Waals surface area contributed by atoms with Gasteiger partial charge in [0.1, 0.15) is 10.8 Å². The highest BCUT2D eigenvalue weighted by atomic mass is 32.1. The van der Waals surface area contributed by atoms with Gasteiger partial charge in [0.05, 0.1) is 13.2 Å². The molecule has 1 unspecified atom stereocenters. The topological polar surface area (TPSA) is 70.6 Å². The van der Waals surface area contributed by atoms with E-state index in [1.807, 2.05) is 31.2 Å². The van der Waals surface area contributed by atoms with E-state index in [2.05, 4.69) is 25.3 Å². The summed E-state index contributed by atoms with van der Waals surface area (Å²) in [6.45, 7) is 5.43. The number of ether oxygens (including phenoxy) is 1. The summed E-state index contributed by atoms with van der Waals surface area (Å²) in [6, 6.07) is 8.21. The molecular weight excluding hydrogens is 362 g/mol. The Morgan fingerprint density at radius 3 is 2.52 bits per heavy atom. The first-order valence-corrected chi connectivity index (χ1v) is 10.2. The fourth-order valence-electron chi connectivity index (χ4n) is 3.21. The Balaban J connectivity index is 1.34. The number of nitrogens with one attached hydrogen (secondary N) is 1. The van der Waals surface area contributed by atoms with Gasteiger partial charge in [-0.3, -0.25) is 9.69 Å². The number of piperazine rings is 1. The molecule has 1 saturated heterocycles. The monoisotopic (exact) mass is 387 g/mol. The lowest BCUT2D eigenvalue weighted by atomic mass is 10.2. The van der Waals surface area contributed by atoms with Crippen LogP contribution in [0.5, 0.6) is 5.75 Å². The highest BCUT2D eigenvalue weighted by Crippen LogP contribution is 2.30. The maximum absolute atomic E-state index is 12.3. The Kier molecular flexibility index (Phi) is 5.27. The summed E-state index contributed by atoms with van der Waals surface area (Å²) in [5, 5.41) is 13.7. The van der Waals surface area contributed by atoms with Gasteiger partial charge in [-0.1, -0.05) is 11.3 Å². The van der Waals surface area contributed by atoms with Crippen molar-refractivity contribution in [2.75, 3.05) is 38.2 Å². The van der Waals surface area contributed by atoms with E-state index in [9.17, 15) is 4.79 Å². The first-order chi connectivity index (χ1) is 13.1. The molecule has 0 radical (unpaired) electrons. The van der Waals surface area contributed by atoms with Crippen LogP contribution in [0.15, 0.2) is 24.3 Å². The zero-order valence-electron chi connectivity index (χ0n) is 15.7. The van der Waals surface area contributed by atoms with Crippen LogP contribution in [-0.4, -0.2) is 66.4 Å². The number of methoxy groups -OCH3 is 1. The molecule has 2 aliphatic rings. The van der Waals surface area contributed by atoms with E-state index in [0.29, 0.717) is 6.04 Å². The smallest absolute Gasteiger partial charge is 0.237 e. The number of hydrogen-bond donors (Lipinski definition) is 1. The Morgan fingerprint density at radius 2 is 1.89 bits per heavy atom. The SMILES string of the molecule is COc1ccc(-c2nnc(N3CCN(C(C)C(=O)NC4CC4)CC3)s2)cc1. The van der Waals surface area contributed by atoms with Crippen molar-refractivity contribution in [3.63, 3.8) is 0 Å². The average Bonchev–Trinajstić information content (AvgIpc) is 3.39. The van der Waals surface area contributed by atoms with Gasteiger partial charge in [0.2, 0.25) is 11.0 Å². The average molecular weight is 388 g/mol.